The van der Waals surface area contributed by atoms with E-state index in [0.717, 1.165) is 5.69 Å². The summed E-state index contributed by atoms with van der Waals surface area (Å²) in [5, 5.41) is 4.50. The van der Waals surface area contributed by atoms with Gasteiger partial charge in [0.1, 0.15) is 5.82 Å². The molecule has 5 rings (SSSR count). The zero-order valence-corrected chi connectivity index (χ0v) is 20.9. The number of ether oxygens (including phenoxy) is 1. The van der Waals surface area contributed by atoms with Gasteiger partial charge in [0.05, 0.1) is 23.8 Å². The summed E-state index contributed by atoms with van der Waals surface area (Å²) in [6.07, 6.45) is 1.36. The molecule has 1 amide bonds. The highest BCUT2D eigenvalue weighted by molar-refractivity contribution is 7.89. The Kier molecular flexibility index (Phi) is 6.78. The predicted octanol–water partition coefficient (Wildman–Crippen LogP) is 1.61. The number of carbonyl (C=O) groups excluding carboxylic acids is 1. The van der Waals surface area contributed by atoms with Crippen molar-refractivity contribution in [3.8, 4) is 5.69 Å². The van der Waals surface area contributed by atoms with Crippen molar-refractivity contribution in [2.75, 3.05) is 39.4 Å². The zero-order valence-electron chi connectivity index (χ0n) is 20.1. The van der Waals surface area contributed by atoms with E-state index in [0.29, 0.717) is 63.6 Å². The van der Waals surface area contributed by atoms with Gasteiger partial charge in [-0.25, -0.2) is 22.5 Å². The van der Waals surface area contributed by atoms with Gasteiger partial charge in [-0.3, -0.25) is 4.79 Å². The molecule has 0 bridgehead atoms. The van der Waals surface area contributed by atoms with Gasteiger partial charge in [-0.15, -0.1) is 0 Å². The number of benzene rings is 2. The standard InChI is InChI=1S/C25H29N5O5S/c1-27-25(32)30(21-5-3-2-4-6-21)23(26-27)19-11-13-28(14-12-19)24(31)20-7-9-22(10-8-20)36(33,34)29-15-17-35-18-16-29/h2-10,19H,11-18H2,1H3. The van der Waals surface area contributed by atoms with Gasteiger partial charge in [-0.2, -0.15) is 9.40 Å². The molecule has 2 aliphatic heterocycles. The van der Waals surface area contributed by atoms with Crippen LogP contribution in [-0.4, -0.2) is 77.3 Å². The number of carbonyl (C=O) groups is 1. The third kappa shape index (κ3) is 4.61. The van der Waals surface area contributed by atoms with E-state index in [4.69, 9.17) is 4.74 Å². The molecule has 1 aromatic heterocycles. The van der Waals surface area contributed by atoms with Crippen LogP contribution >= 0.6 is 0 Å². The maximum absolute atomic E-state index is 13.1. The first-order valence-electron chi connectivity index (χ1n) is 12.0. The molecule has 0 unspecified atom stereocenters. The number of aryl methyl sites for hydroxylation is 1. The largest absolute Gasteiger partial charge is 0.379 e. The third-order valence-corrected chi connectivity index (χ3v) is 8.73. The highest BCUT2D eigenvalue weighted by Crippen LogP contribution is 2.28. The zero-order chi connectivity index (χ0) is 25.3. The molecule has 2 aromatic carbocycles. The number of morpholine rings is 1. The molecule has 2 aliphatic rings. The van der Waals surface area contributed by atoms with E-state index in [1.54, 1.807) is 28.6 Å². The van der Waals surface area contributed by atoms with Gasteiger partial charge in [0.2, 0.25) is 10.0 Å². The molecule has 190 valence electrons. The molecule has 3 heterocycles. The fourth-order valence-electron chi connectivity index (χ4n) is 4.80. The number of amides is 1. The number of nitrogens with zero attached hydrogens (tertiary/aromatic N) is 5. The molecular formula is C25H29N5O5S. The Balaban J connectivity index is 1.27. The molecule has 0 radical (unpaired) electrons. The normalized spacial score (nSPS) is 17.9. The minimum absolute atomic E-state index is 0.0456. The Hall–Kier alpha value is -3.28. The van der Waals surface area contributed by atoms with Crippen molar-refractivity contribution in [2.24, 2.45) is 7.05 Å². The van der Waals surface area contributed by atoms with Gasteiger partial charge in [-0.1, -0.05) is 18.2 Å². The lowest BCUT2D eigenvalue weighted by Crippen LogP contribution is -2.40. The van der Waals surface area contributed by atoms with Crippen molar-refractivity contribution in [2.45, 2.75) is 23.7 Å². The summed E-state index contributed by atoms with van der Waals surface area (Å²) < 4.78 is 35.3. The van der Waals surface area contributed by atoms with Crippen LogP contribution in [0.4, 0.5) is 0 Å². The molecule has 0 aliphatic carbocycles. The van der Waals surface area contributed by atoms with Crippen LogP contribution in [0, 0.1) is 0 Å². The summed E-state index contributed by atoms with van der Waals surface area (Å²) in [6.45, 7) is 2.46. The second-order valence-corrected chi connectivity index (χ2v) is 11.0. The number of aromatic nitrogens is 3. The summed E-state index contributed by atoms with van der Waals surface area (Å²) in [6, 6.07) is 15.6. The van der Waals surface area contributed by atoms with Gasteiger partial charge < -0.3 is 9.64 Å². The molecule has 2 saturated heterocycles. The van der Waals surface area contributed by atoms with Crippen LogP contribution in [-0.2, 0) is 21.8 Å². The second kappa shape index (κ2) is 10.00. The van der Waals surface area contributed by atoms with Crippen LogP contribution in [0.3, 0.4) is 0 Å². The summed E-state index contributed by atoms with van der Waals surface area (Å²) in [4.78, 5) is 27.8. The highest BCUT2D eigenvalue weighted by Gasteiger charge is 2.30. The average molecular weight is 512 g/mol. The van der Waals surface area contributed by atoms with Crippen LogP contribution in [0.25, 0.3) is 5.69 Å². The Morgan fingerprint density at radius 1 is 0.944 bits per heavy atom. The molecule has 10 nitrogen and oxygen atoms in total. The summed E-state index contributed by atoms with van der Waals surface area (Å²) in [7, 11) is -1.96. The van der Waals surface area contributed by atoms with Crippen LogP contribution in [0.5, 0.6) is 0 Å². The van der Waals surface area contributed by atoms with E-state index in [9.17, 15) is 18.0 Å². The van der Waals surface area contributed by atoms with Gasteiger partial charge in [-0.05, 0) is 49.2 Å². The predicted molar refractivity (Wildman–Crippen MR) is 133 cm³/mol. The number of hydrogen-bond acceptors (Lipinski definition) is 6. The Bertz CT molecular complexity index is 1380. The number of likely N-dealkylation sites (tertiary alicyclic amines) is 1. The Labute approximate surface area is 209 Å². The molecule has 0 N–H and O–H groups in total. The summed E-state index contributed by atoms with van der Waals surface area (Å²) >= 11 is 0. The van der Waals surface area contributed by atoms with Crippen molar-refractivity contribution >= 4 is 15.9 Å². The maximum Gasteiger partial charge on any atom is 0.350 e. The van der Waals surface area contributed by atoms with E-state index in [-0.39, 0.29) is 22.4 Å². The lowest BCUT2D eigenvalue weighted by Gasteiger charge is -2.31. The van der Waals surface area contributed by atoms with E-state index in [1.165, 1.54) is 21.1 Å². The van der Waals surface area contributed by atoms with Crippen LogP contribution in [0.1, 0.15) is 34.9 Å². The summed E-state index contributed by atoms with van der Waals surface area (Å²) in [5.41, 5.74) is 1.03. The third-order valence-electron chi connectivity index (χ3n) is 6.82. The minimum Gasteiger partial charge on any atom is -0.379 e. The lowest BCUT2D eigenvalue weighted by atomic mass is 9.95. The molecule has 0 spiro atoms. The summed E-state index contributed by atoms with van der Waals surface area (Å²) in [5.74, 6) is 0.618. The topological polar surface area (TPSA) is 107 Å². The second-order valence-electron chi connectivity index (χ2n) is 9.04. The number of rotatable bonds is 5. The van der Waals surface area contributed by atoms with Gasteiger partial charge in [0.15, 0.2) is 0 Å². The van der Waals surface area contributed by atoms with E-state index in [1.807, 2.05) is 30.3 Å². The SMILES string of the molecule is Cn1nc(C2CCN(C(=O)c3ccc(S(=O)(=O)N4CCOCC4)cc3)CC2)n(-c2ccccc2)c1=O. The lowest BCUT2D eigenvalue weighted by molar-refractivity contribution is 0.0710. The van der Waals surface area contributed by atoms with E-state index < -0.39 is 10.0 Å². The molecule has 11 heteroatoms. The van der Waals surface area contributed by atoms with Crippen molar-refractivity contribution < 1.29 is 17.9 Å². The molecule has 2 fully saturated rings. The fourth-order valence-corrected chi connectivity index (χ4v) is 6.20. The molecule has 3 aromatic rings. The Morgan fingerprint density at radius 3 is 2.22 bits per heavy atom. The minimum atomic E-state index is -3.60. The monoisotopic (exact) mass is 511 g/mol. The quantitative estimate of drug-likeness (QED) is 0.515. The van der Waals surface area contributed by atoms with Crippen molar-refractivity contribution in [1.29, 1.82) is 0 Å². The molecule has 36 heavy (non-hydrogen) atoms. The molecular weight excluding hydrogens is 482 g/mol. The molecule has 0 saturated carbocycles. The van der Waals surface area contributed by atoms with Crippen LogP contribution < -0.4 is 5.69 Å². The first-order valence-corrected chi connectivity index (χ1v) is 13.5. The van der Waals surface area contributed by atoms with Gasteiger partial charge >= 0.3 is 5.69 Å². The smallest absolute Gasteiger partial charge is 0.350 e. The van der Waals surface area contributed by atoms with Crippen molar-refractivity contribution in [3.63, 3.8) is 0 Å². The highest BCUT2D eigenvalue weighted by atomic mass is 32.2. The first kappa shape index (κ1) is 24.4. The maximum atomic E-state index is 13.1. The Morgan fingerprint density at radius 2 is 1.58 bits per heavy atom. The van der Waals surface area contributed by atoms with Crippen LogP contribution in [0.2, 0.25) is 0 Å². The number of para-hydroxylation sites is 1. The van der Waals surface area contributed by atoms with Crippen molar-refractivity contribution in [3.05, 3.63) is 76.5 Å². The van der Waals surface area contributed by atoms with Crippen LogP contribution in [0.15, 0.2) is 64.3 Å². The fraction of sp³-hybridized carbons (Fsp3) is 0.400. The number of sulfonamides is 1. The first-order chi connectivity index (χ1) is 17.4. The van der Waals surface area contributed by atoms with E-state index in [2.05, 4.69) is 5.10 Å². The van der Waals surface area contributed by atoms with Gasteiger partial charge in [0, 0.05) is 44.7 Å². The van der Waals surface area contributed by atoms with Gasteiger partial charge in [0.25, 0.3) is 5.91 Å². The van der Waals surface area contributed by atoms with E-state index >= 15 is 0 Å². The average Bonchev–Trinajstić information content (AvgIpc) is 3.23. The number of hydrogen-bond donors (Lipinski definition) is 0. The van der Waals surface area contributed by atoms with Crippen molar-refractivity contribution in [1.82, 2.24) is 23.6 Å². The molecule has 0 atom stereocenters. The number of piperidine rings is 1.